The van der Waals surface area contributed by atoms with Gasteiger partial charge < -0.3 is 5.73 Å². The van der Waals surface area contributed by atoms with Gasteiger partial charge in [-0.2, -0.15) is 5.10 Å². The second-order valence-corrected chi connectivity index (χ2v) is 3.87. The van der Waals surface area contributed by atoms with Crippen LogP contribution < -0.4 is 5.73 Å². The van der Waals surface area contributed by atoms with Crippen LogP contribution in [0.3, 0.4) is 0 Å². The van der Waals surface area contributed by atoms with Gasteiger partial charge in [-0.25, -0.2) is 0 Å². The average Bonchev–Trinajstić information content (AvgIpc) is 2.81. The first kappa shape index (κ1) is 10.9. The zero-order chi connectivity index (χ0) is 11.4. The van der Waals surface area contributed by atoms with Crippen molar-refractivity contribution in [3.05, 3.63) is 42.7 Å². The maximum Gasteiger partial charge on any atom is 0.0639 e. The minimum Gasteiger partial charge on any atom is -0.328 e. The summed E-state index contributed by atoms with van der Waals surface area (Å²) < 4.78 is 1.96. The molecule has 2 aromatic rings. The molecular formula is C13H17N3. The van der Waals surface area contributed by atoms with E-state index in [1.54, 1.807) is 0 Å². The van der Waals surface area contributed by atoms with Gasteiger partial charge in [0.1, 0.15) is 0 Å². The first-order chi connectivity index (χ1) is 7.85. The fourth-order valence-corrected chi connectivity index (χ4v) is 1.78. The lowest BCUT2D eigenvalue weighted by atomic mass is 10.1. The number of nitrogens with zero attached hydrogens (tertiary/aromatic N) is 2. The lowest BCUT2D eigenvalue weighted by Gasteiger charge is -2.11. The molecule has 2 rings (SSSR count). The Labute approximate surface area is 95.9 Å². The highest BCUT2D eigenvalue weighted by atomic mass is 15.3. The molecule has 1 heterocycles. The normalized spacial score (nSPS) is 12.6. The van der Waals surface area contributed by atoms with Gasteiger partial charge in [-0.05, 0) is 12.0 Å². The topological polar surface area (TPSA) is 43.8 Å². The van der Waals surface area contributed by atoms with Crippen LogP contribution in [0.15, 0.2) is 42.7 Å². The van der Waals surface area contributed by atoms with Gasteiger partial charge in [-0.3, -0.25) is 4.68 Å². The minimum absolute atomic E-state index is 0.303. The van der Waals surface area contributed by atoms with Crippen molar-refractivity contribution >= 4 is 0 Å². The molecule has 0 radical (unpaired) electrons. The molecule has 0 fully saturated rings. The highest BCUT2D eigenvalue weighted by Crippen LogP contribution is 2.19. The van der Waals surface area contributed by atoms with Gasteiger partial charge in [0.25, 0.3) is 0 Å². The highest BCUT2D eigenvalue weighted by molar-refractivity contribution is 5.61. The maximum atomic E-state index is 5.70. The van der Waals surface area contributed by atoms with Crippen LogP contribution in [0.25, 0.3) is 11.1 Å². The quantitative estimate of drug-likeness (QED) is 0.851. The molecule has 3 heteroatoms. The molecule has 0 spiro atoms. The molecule has 1 aromatic carbocycles. The van der Waals surface area contributed by atoms with Crippen molar-refractivity contribution in [1.82, 2.24) is 9.78 Å². The van der Waals surface area contributed by atoms with Crippen molar-refractivity contribution in [2.75, 3.05) is 6.54 Å². The lowest BCUT2D eigenvalue weighted by Crippen LogP contribution is -2.18. The van der Waals surface area contributed by atoms with Crippen LogP contribution in [0.5, 0.6) is 0 Å². The fourth-order valence-electron chi connectivity index (χ4n) is 1.78. The van der Waals surface area contributed by atoms with E-state index in [4.69, 9.17) is 5.73 Å². The maximum absolute atomic E-state index is 5.70. The summed E-state index contributed by atoms with van der Waals surface area (Å²) >= 11 is 0. The molecule has 1 aromatic heterocycles. The third-order valence-electron chi connectivity index (χ3n) is 2.83. The molecule has 1 atom stereocenters. The average molecular weight is 215 g/mol. The molecule has 16 heavy (non-hydrogen) atoms. The summed E-state index contributed by atoms with van der Waals surface area (Å²) in [4.78, 5) is 0. The summed E-state index contributed by atoms with van der Waals surface area (Å²) in [6.45, 7) is 2.76. The fraction of sp³-hybridized carbons (Fsp3) is 0.308. The Morgan fingerprint density at radius 1 is 1.25 bits per heavy atom. The molecular weight excluding hydrogens is 198 g/mol. The van der Waals surface area contributed by atoms with Gasteiger partial charge in [0.05, 0.1) is 12.2 Å². The van der Waals surface area contributed by atoms with Crippen molar-refractivity contribution in [3.63, 3.8) is 0 Å². The van der Waals surface area contributed by atoms with Gasteiger partial charge >= 0.3 is 0 Å². The van der Waals surface area contributed by atoms with Crippen LogP contribution >= 0.6 is 0 Å². The standard InChI is InChI=1S/C13H17N3/c1-2-13(8-14)16-10-12(9-15-16)11-6-4-3-5-7-11/h3-7,9-10,13H,2,8,14H2,1H3. The first-order valence-corrected chi connectivity index (χ1v) is 5.64. The minimum atomic E-state index is 0.303. The monoisotopic (exact) mass is 215 g/mol. The second-order valence-electron chi connectivity index (χ2n) is 3.87. The van der Waals surface area contributed by atoms with Crippen molar-refractivity contribution in [2.24, 2.45) is 5.73 Å². The Bertz CT molecular complexity index is 429. The van der Waals surface area contributed by atoms with E-state index in [2.05, 4.69) is 30.4 Å². The Hall–Kier alpha value is -1.61. The van der Waals surface area contributed by atoms with Crippen LogP contribution in [0.2, 0.25) is 0 Å². The number of hydrogen-bond acceptors (Lipinski definition) is 2. The van der Waals surface area contributed by atoms with Gasteiger partial charge in [0.15, 0.2) is 0 Å². The van der Waals surface area contributed by atoms with Crippen LogP contribution in [-0.2, 0) is 0 Å². The summed E-state index contributed by atoms with van der Waals surface area (Å²) in [7, 11) is 0. The molecule has 0 saturated carbocycles. The van der Waals surface area contributed by atoms with E-state index in [1.165, 1.54) is 5.56 Å². The van der Waals surface area contributed by atoms with Gasteiger partial charge in [-0.1, -0.05) is 37.3 Å². The van der Waals surface area contributed by atoms with E-state index >= 15 is 0 Å². The van der Waals surface area contributed by atoms with Crippen molar-refractivity contribution in [3.8, 4) is 11.1 Å². The second kappa shape index (κ2) is 4.94. The van der Waals surface area contributed by atoms with Gasteiger partial charge in [0, 0.05) is 18.3 Å². The van der Waals surface area contributed by atoms with Crippen molar-refractivity contribution in [2.45, 2.75) is 19.4 Å². The number of benzene rings is 1. The summed E-state index contributed by atoms with van der Waals surface area (Å²) in [6.07, 6.45) is 4.97. The van der Waals surface area contributed by atoms with Gasteiger partial charge in [0.2, 0.25) is 0 Å². The third kappa shape index (κ3) is 2.14. The number of nitrogens with two attached hydrogens (primary N) is 1. The summed E-state index contributed by atoms with van der Waals surface area (Å²) in [5, 5.41) is 4.37. The predicted molar refractivity (Wildman–Crippen MR) is 66.0 cm³/mol. The van der Waals surface area contributed by atoms with E-state index in [9.17, 15) is 0 Å². The Kier molecular flexibility index (Phi) is 3.37. The van der Waals surface area contributed by atoms with Crippen LogP contribution in [0, 0.1) is 0 Å². The smallest absolute Gasteiger partial charge is 0.0639 e. The summed E-state index contributed by atoms with van der Waals surface area (Å²) in [5.74, 6) is 0. The molecule has 1 unspecified atom stereocenters. The van der Waals surface area contributed by atoms with E-state index < -0.39 is 0 Å². The molecule has 0 aliphatic carbocycles. The van der Waals surface area contributed by atoms with Crippen molar-refractivity contribution < 1.29 is 0 Å². The van der Waals surface area contributed by atoms with Crippen LogP contribution in [-0.4, -0.2) is 16.3 Å². The highest BCUT2D eigenvalue weighted by Gasteiger charge is 2.08. The molecule has 0 aliphatic heterocycles. The zero-order valence-corrected chi connectivity index (χ0v) is 9.50. The summed E-state index contributed by atoms with van der Waals surface area (Å²) in [6, 6.07) is 10.6. The molecule has 0 saturated heterocycles. The van der Waals surface area contributed by atoms with E-state index in [-0.39, 0.29) is 0 Å². The SMILES string of the molecule is CCC(CN)n1cc(-c2ccccc2)cn1. The molecule has 84 valence electrons. The number of hydrogen-bond donors (Lipinski definition) is 1. The summed E-state index contributed by atoms with van der Waals surface area (Å²) in [5.41, 5.74) is 8.04. The van der Waals surface area contributed by atoms with E-state index in [0.717, 1.165) is 12.0 Å². The Balaban J connectivity index is 2.26. The van der Waals surface area contributed by atoms with E-state index in [0.29, 0.717) is 12.6 Å². The largest absolute Gasteiger partial charge is 0.328 e. The Morgan fingerprint density at radius 2 is 2.00 bits per heavy atom. The lowest BCUT2D eigenvalue weighted by molar-refractivity contribution is 0.450. The number of aromatic nitrogens is 2. The van der Waals surface area contributed by atoms with Crippen molar-refractivity contribution in [1.29, 1.82) is 0 Å². The molecule has 0 bridgehead atoms. The zero-order valence-electron chi connectivity index (χ0n) is 9.50. The first-order valence-electron chi connectivity index (χ1n) is 5.64. The third-order valence-corrected chi connectivity index (χ3v) is 2.83. The van der Waals surface area contributed by atoms with Crippen LogP contribution in [0.1, 0.15) is 19.4 Å². The number of rotatable bonds is 4. The van der Waals surface area contributed by atoms with Crippen LogP contribution in [0.4, 0.5) is 0 Å². The predicted octanol–water partition coefficient (Wildman–Crippen LogP) is 2.46. The van der Waals surface area contributed by atoms with Gasteiger partial charge in [-0.15, -0.1) is 0 Å². The molecule has 0 amide bonds. The molecule has 2 N–H and O–H groups in total. The molecule has 0 aliphatic rings. The Morgan fingerprint density at radius 3 is 2.62 bits per heavy atom. The molecule has 3 nitrogen and oxygen atoms in total. The van der Waals surface area contributed by atoms with E-state index in [1.807, 2.05) is 29.1 Å².